The summed E-state index contributed by atoms with van der Waals surface area (Å²) in [5.74, 6) is 0.954. The van der Waals surface area contributed by atoms with Gasteiger partial charge in [0.1, 0.15) is 6.10 Å². The third-order valence-corrected chi connectivity index (χ3v) is 6.32. The van der Waals surface area contributed by atoms with Crippen LogP contribution in [-0.2, 0) is 14.3 Å². The minimum atomic E-state index is -3.79. The average Bonchev–Trinajstić information content (AvgIpc) is 2.32. The van der Waals surface area contributed by atoms with E-state index in [0.717, 1.165) is 5.56 Å². The molecule has 2 unspecified atom stereocenters. The van der Waals surface area contributed by atoms with E-state index in [2.05, 4.69) is 0 Å². The van der Waals surface area contributed by atoms with E-state index in [9.17, 15) is 13.5 Å². The van der Waals surface area contributed by atoms with E-state index >= 15 is 0 Å². The molecule has 2 rings (SSSR count). The number of benzene rings is 1. The van der Waals surface area contributed by atoms with Crippen molar-refractivity contribution in [2.45, 2.75) is 24.0 Å². The molecule has 4 nitrogen and oxygen atoms in total. The number of hydrogen-bond donors (Lipinski definition) is 1. The van der Waals surface area contributed by atoms with Crippen molar-refractivity contribution in [1.82, 2.24) is 0 Å². The number of aliphatic hydroxyl groups is 1. The standard InChI is InChI=1S/C11H14O4S3/c1-8-2-4-9(5-3-8)18(13,14)15-11-7-17-16-6-10(11)12/h2-5,10-12H,6-7H2,1H3. The van der Waals surface area contributed by atoms with Crippen molar-refractivity contribution in [2.75, 3.05) is 11.5 Å². The molecule has 0 aliphatic carbocycles. The van der Waals surface area contributed by atoms with Crippen molar-refractivity contribution in [2.24, 2.45) is 0 Å². The lowest BCUT2D eigenvalue weighted by Gasteiger charge is -2.25. The second-order valence-electron chi connectivity index (χ2n) is 4.04. The van der Waals surface area contributed by atoms with Crippen LogP contribution in [0.25, 0.3) is 0 Å². The van der Waals surface area contributed by atoms with Crippen LogP contribution in [0, 0.1) is 6.92 Å². The van der Waals surface area contributed by atoms with Crippen LogP contribution in [0.3, 0.4) is 0 Å². The van der Waals surface area contributed by atoms with Gasteiger partial charge in [-0.25, -0.2) is 0 Å². The molecule has 0 saturated carbocycles. The van der Waals surface area contributed by atoms with Crippen molar-refractivity contribution in [3.05, 3.63) is 29.8 Å². The first-order valence-electron chi connectivity index (χ1n) is 5.41. The van der Waals surface area contributed by atoms with Crippen LogP contribution in [0.15, 0.2) is 29.2 Å². The third-order valence-electron chi connectivity index (χ3n) is 2.54. The summed E-state index contributed by atoms with van der Waals surface area (Å²) >= 11 is 0. The van der Waals surface area contributed by atoms with Gasteiger partial charge >= 0.3 is 0 Å². The van der Waals surface area contributed by atoms with Gasteiger partial charge in [0.05, 0.1) is 11.0 Å². The van der Waals surface area contributed by atoms with Gasteiger partial charge in [-0.1, -0.05) is 39.3 Å². The fourth-order valence-corrected chi connectivity index (χ4v) is 5.02. The van der Waals surface area contributed by atoms with Crippen molar-refractivity contribution >= 4 is 31.7 Å². The minimum Gasteiger partial charge on any atom is -0.389 e. The zero-order valence-electron chi connectivity index (χ0n) is 9.78. The fraction of sp³-hybridized carbons (Fsp3) is 0.455. The van der Waals surface area contributed by atoms with Crippen LogP contribution >= 0.6 is 21.6 Å². The molecule has 1 heterocycles. The van der Waals surface area contributed by atoms with Crippen LogP contribution in [0.4, 0.5) is 0 Å². The molecular weight excluding hydrogens is 292 g/mol. The van der Waals surface area contributed by atoms with Crippen LogP contribution in [0.5, 0.6) is 0 Å². The van der Waals surface area contributed by atoms with E-state index in [-0.39, 0.29) is 4.90 Å². The zero-order valence-corrected chi connectivity index (χ0v) is 12.2. The van der Waals surface area contributed by atoms with Gasteiger partial charge in [0.25, 0.3) is 10.1 Å². The Hall–Kier alpha value is -0.210. The topological polar surface area (TPSA) is 63.6 Å². The maximum absolute atomic E-state index is 12.0. The lowest BCUT2D eigenvalue weighted by molar-refractivity contribution is 0.0701. The molecule has 7 heteroatoms. The SMILES string of the molecule is Cc1ccc(S(=O)(=O)OC2CSSCC2O)cc1. The summed E-state index contributed by atoms with van der Waals surface area (Å²) in [4.78, 5) is 0.128. The van der Waals surface area contributed by atoms with Gasteiger partial charge in [0.2, 0.25) is 0 Å². The third kappa shape index (κ3) is 3.42. The predicted molar refractivity (Wildman–Crippen MR) is 74.2 cm³/mol. The van der Waals surface area contributed by atoms with Crippen LogP contribution in [-0.4, -0.2) is 37.2 Å². The molecule has 0 spiro atoms. The molecule has 2 atom stereocenters. The van der Waals surface area contributed by atoms with Gasteiger partial charge in [0.15, 0.2) is 0 Å². The average molecular weight is 306 g/mol. The molecular formula is C11H14O4S3. The second kappa shape index (κ2) is 5.83. The summed E-state index contributed by atoms with van der Waals surface area (Å²) in [5, 5.41) is 9.70. The lowest BCUT2D eigenvalue weighted by Crippen LogP contribution is -2.37. The van der Waals surface area contributed by atoms with Gasteiger partial charge < -0.3 is 5.11 Å². The first-order chi connectivity index (χ1) is 8.49. The Bertz CT molecular complexity index is 498. The molecule has 1 aromatic carbocycles. The second-order valence-corrected chi connectivity index (χ2v) is 8.16. The number of aliphatic hydroxyl groups excluding tert-OH is 1. The molecule has 1 N–H and O–H groups in total. The Balaban J connectivity index is 2.13. The highest BCUT2D eigenvalue weighted by atomic mass is 33.1. The molecule has 0 aromatic heterocycles. The summed E-state index contributed by atoms with van der Waals surface area (Å²) in [6.07, 6.45) is -1.40. The Morgan fingerprint density at radius 3 is 2.44 bits per heavy atom. The normalized spacial score (nSPS) is 25.0. The van der Waals surface area contributed by atoms with E-state index in [4.69, 9.17) is 4.18 Å². The minimum absolute atomic E-state index is 0.128. The van der Waals surface area contributed by atoms with Crippen LogP contribution in [0.2, 0.25) is 0 Å². The number of rotatable bonds is 3. The lowest BCUT2D eigenvalue weighted by atomic mass is 10.2. The molecule has 18 heavy (non-hydrogen) atoms. The summed E-state index contributed by atoms with van der Waals surface area (Å²) in [7, 11) is -0.757. The summed E-state index contributed by atoms with van der Waals surface area (Å²) in [6.45, 7) is 1.88. The van der Waals surface area contributed by atoms with Gasteiger partial charge in [-0.3, -0.25) is 4.18 Å². The maximum atomic E-state index is 12.0. The molecule has 1 saturated heterocycles. The monoisotopic (exact) mass is 306 g/mol. The van der Waals surface area contributed by atoms with Crippen LogP contribution in [0.1, 0.15) is 5.56 Å². The Morgan fingerprint density at radius 2 is 1.83 bits per heavy atom. The maximum Gasteiger partial charge on any atom is 0.297 e. The smallest absolute Gasteiger partial charge is 0.297 e. The van der Waals surface area contributed by atoms with Gasteiger partial charge in [0, 0.05) is 11.5 Å². The highest BCUT2D eigenvalue weighted by Gasteiger charge is 2.30. The summed E-state index contributed by atoms with van der Waals surface area (Å²) in [5.41, 5.74) is 0.985. The van der Waals surface area contributed by atoms with Crippen molar-refractivity contribution in [3.63, 3.8) is 0 Å². The summed E-state index contributed by atoms with van der Waals surface area (Å²) in [6, 6.07) is 6.47. The van der Waals surface area contributed by atoms with Gasteiger partial charge in [-0.2, -0.15) is 8.42 Å². The van der Waals surface area contributed by atoms with Gasteiger partial charge in [-0.05, 0) is 19.1 Å². The first-order valence-corrected chi connectivity index (χ1v) is 9.31. The van der Waals surface area contributed by atoms with Gasteiger partial charge in [-0.15, -0.1) is 0 Å². The quantitative estimate of drug-likeness (QED) is 0.679. The van der Waals surface area contributed by atoms with Crippen LogP contribution < -0.4 is 0 Å². The Morgan fingerprint density at radius 1 is 1.22 bits per heavy atom. The molecule has 1 aromatic rings. The molecule has 1 fully saturated rings. The molecule has 100 valence electrons. The Labute approximate surface area is 115 Å². The molecule has 0 bridgehead atoms. The first kappa shape index (κ1) is 14.2. The van der Waals surface area contributed by atoms with Crippen molar-refractivity contribution < 1.29 is 17.7 Å². The highest BCUT2D eigenvalue weighted by Crippen LogP contribution is 2.32. The predicted octanol–water partition coefficient (Wildman–Crippen LogP) is 1.82. The van der Waals surface area contributed by atoms with E-state index in [0.29, 0.717) is 11.5 Å². The van der Waals surface area contributed by atoms with Crippen molar-refractivity contribution in [1.29, 1.82) is 0 Å². The molecule has 1 aliphatic rings. The van der Waals surface area contributed by atoms with E-state index in [1.54, 1.807) is 12.1 Å². The van der Waals surface area contributed by atoms with E-state index in [1.165, 1.54) is 33.7 Å². The molecule has 0 radical (unpaired) electrons. The molecule has 1 aliphatic heterocycles. The Kier molecular flexibility index (Phi) is 4.60. The van der Waals surface area contributed by atoms with E-state index in [1.807, 2.05) is 6.92 Å². The number of aryl methyl sites for hydroxylation is 1. The largest absolute Gasteiger partial charge is 0.389 e. The summed E-state index contributed by atoms with van der Waals surface area (Å²) < 4.78 is 29.1. The van der Waals surface area contributed by atoms with E-state index < -0.39 is 22.3 Å². The highest BCUT2D eigenvalue weighted by molar-refractivity contribution is 8.76. The van der Waals surface area contributed by atoms with Crippen molar-refractivity contribution in [3.8, 4) is 0 Å². The number of hydrogen-bond acceptors (Lipinski definition) is 6. The molecule has 0 amide bonds. The zero-order chi connectivity index (χ0) is 13.2. The fourth-order valence-electron chi connectivity index (χ4n) is 1.47.